The van der Waals surface area contributed by atoms with Crippen LogP contribution in [-0.2, 0) is 14.3 Å². The molecule has 1 heterocycles. The number of hydrogen-bond acceptors (Lipinski definition) is 6. The molecule has 0 unspecified atom stereocenters. The number of halogens is 2. The first-order chi connectivity index (χ1) is 13.4. The van der Waals surface area contributed by atoms with Gasteiger partial charge in [-0.25, -0.2) is 9.79 Å². The van der Waals surface area contributed by atoms with E-state index in [1.165, 1.54) is 18.9 Å². The summed E-state index contributed by atoms with van der Waals surface area (Å²) in [5.74, 6) is -0.305. The Kier molecular flexibility index (Phi) is 6.77. The third-order valence-corrected chi connectivity index (χ3v) is 5.19. The first-order valence-corrected chi connectivity index (χ1v) is 9.97. The average Bonchev–Trinajstić information content (AvgIpc) is 3.01. The summed E-state index contributed by atoms with van der Waals surface area (Å²) in [6.45, 7) is -0.225. The van der Waals surface area contributed by atoms with Crippen molar-refractivity contribution in [3.63, 3.8) is 0 Å². The van der Waals surface area contributed by atoms with Gasteiger partial charge in [0.05, 0.1) is 17.7 Å². The second-order valence-electron chi connectivity index (χ2n) is 5.51. The molecule has 2 aromatic rings. The lowest BCUT2D eigenvalue weighted by atomic mass is 10.2. The molecule has 1 amide bonds. The Labute approximate surface area is 179 Å². The summed E-state index contributed by atoms with van der Waals surface area (Å²) < 4.78 is 10.9. The summed E-state index contributed by atoms with van der Waals surface area (Å²) in [7, 11) is 1.29. The number of aliphatic imine (C=N–C) groups is 1. The number of esters is 1. The second-order valence-corrected chi connectivity index (χ2v) is 7.89. The zero-order chi connectivity index (χ0) is 20.1. The molecule has 6 nitrogen and oxygen atoms in total. The maximum Gasteiger partial charge on any atom is 0.343 e. The molecule has 0 bridgehead atoms. The van der Waals surface area contributed by atoms with Gasteiger partial charge in [-0.1, -0.05) is 27.5 Å². The summed E-state index contributed by atoms with van der Waals surface area (Å²) >= 11 is 10.5. The minimum Gasteiger partial charge on any atom is -0.481 e. The third-order valence-electron chi connectivity index (χ3n) is 3.54. The fraction of sp³-hybridized carbons (Fsp3) is 0.105. The molecule has 1 N–H and O–H groups in total. The summed E-state index contributed by atoms with van der Waals surface area (Å²) in [5, 5.41) is 3.80. The van der Waals surface area contributed by atoms with Gasteiger partial charge in [0.1, 0.15) is 5.75 Å². The van der Waals surface area contributed by atoms with E-state index >= 15 is 0 Å². The van der Waals surface area contributed by atoms with Crippen LogP contribution < -0.4 is 10.1 Å². The highest BCUT2D eigenvalue weighted by molar-refractivity contribution is 9.10. The van der Waals surface area contributed by atoms with Crippen molar-refractivity contribution in [2.75, 3.05) is 13.7 Å². The van der Waals surface area contributed by atoms with Crippen LogP contribution in [-0.4, -0.2) is 30.8 Å². The highest BCUT2D eigenvalue weighted by Gasteiger charge is 2.24. The molecule has 2 aromatic carbocycles. The van der Waals surface area contributed by atoms with E-state index in [1.807, 2.05) is 0 Å². The molecule has 1 fully saturated rings. The Balaban J connectivity index is 1.83. The molecule has 0 atom stereocenters. The van der Waals surface area contributed by atoms with E-state index in [0.29, 0.717) is 32.1 Å². The van der Waals surface area contributed by atoms with Crippen LogP contribution in [0.3, 0.4) is 0 Å². The first-order valence-electron chi connectivity index (χ1n) is 7.99. The SMILES string of the molecule is COC(=O)COc1ccc(Br)cc1C=C1SC(=Nc2ccc(Cl)cc2)NC1=O. The number of carbonyl (C=O) groups is 2. The van der Waals surface area contributed by atoms with Crippen LogP contribution in [0.25, 0.3) is 6.08 Å². The normalized spacial score (nSPS) is 16.3. The smallest absolute Gasteiger partial charge is 0.343 e. The fourth-order valence-electron chi connectivity index (χ4n) is 2.21. The minimum absolute atomic E-state index is 0.225. The van der Waals surface area contributed by atoms with Crippen LogP contribution >= 0.6 is 39.3 Å². The number of carbonyl (C=O) groups excluding carboxylic acids is 2. The molecule has 0 saturated carbocycles. The van der Waals surface area contributed by atoms with Crippen molar-refractivity contribution < 1.29 is 19.1 Å². The molecule has 3 rings (SSSR count). The zero-order valence-corrected chi connectivity index (χ0v) is 17.7. The average molecular weight is 482 g/mol. The number of ether oxygens (including phenoxy) is 2. The predicted molar refractivity (Wildman–Crippen MR) is 114 cm³/mol. The first kappa shape index (κ1) is 20.4. The largest absolute Gasteiger partial charge is 0.481 e. The number of amides is 1. The van der Waals surface area contributed by atoms with E-state index in [9.17, 15) is 9.59 Å². The van der Waals surface area contributed by atoms with E-state index in [-0.39, 0.29) is 12.5 Å². The fourth-order valence-corrected chi connectivity index (χ4v) is 3.55. The van der Waals surface area contributed by atoms with E-state index in [2.05, 4.69) is 31.0 Å². The molecule has 28 heavy (non-hydrogen) atoms. The maximum atomic E-state index is 12.3. The van der Waals surface area contributed by atoms with Gasteiger partial charge in [0, 0.05) is 15.1 Å². The third kappa shape index (κ3) is 5.37. The Morgan fingerprint density at radius 2 is 2.04 bits per heavy atom. The van der Waals surface area contributed by atoms with Crippen molar-refractivity contribution >= 4 is 68.1 Å². The molecule has 9 heteroatoms. The molecular weight excluding hydrogens is 468 g/mol. The summed E-state index contributed by atoms with van der Waals surface area (Å²) in [6, 6.07) is 12.3. The molecule has 0 radical (unpaired) electrons. The van der Waals surface area contributed by atoms with E-state index in [4.69, 9.17) is 16.3 Å². The Morgan fingerprint density at radius 3 is 2.75 bits per heavy atom. The number of nitrogens with one attached hydrogen (secondary N) is 1. The molecule has 0 spiro atoms. The van der Waals surface area contributed by atoms with Crippen molar-refractivity contribution in [3.05, 3.63) is 62.4 Å². The quantitative estimate of drug-likeness (QED) is 0.501. The second kappa shape index (κ2) is 9.27. The van der Waals surface area contributed by atoms with Crippen LogP contribution in [0.1, 0.15) is 5.56 Å². The Morgan fingerprint density at radius 1 is 1.29 bits per heavy atom. The van der Waals surface area contributed by atoms with Crippen LogP contribution in [0.15, 0.2) is 56.8 Å². The standard InChI is InChI=1S/C19H14BrClN2O4S/c1-26-17(24)10-27-15-7-2-12(20)8-11(15)9-16-18(25)23-19(28-16)22-14-5-3-13(21)4-6-14/h2-9H,10H2,1H3,(H,22,23,25). The van der Waals surface area contributed by atoms with E-state index in [1.54, 1.807) is 48.5 Å². The van der Waals surface area contributed by atoms with Crippen LogP contribution in [0.4, 0.5) is 5.69 Å². The molecule has 0 aromatic heterocycles. The van der Waals surface area contributed by atoms with Crippen molar-refractivity contribution in [1.29, 1.82) is 0 Å². The van der Waals surface area contributed by atoms with Gasteiger partial charge in [0.15, 0.2) is 11.8 Å². The van der Waals surface area contributed by atoms with Crippen molar-refractivity contribution in [2.24, 2.45) is 4.99 Å². The van der Waals surface area contributed by atoms with Gasteiger partial charge in [-0.15, -0.1) is 0 Å². The van der Waals surface area contributed by atoms with Gasteiger partial charge in [-0.2, -0.15) is 0 Å². The Hall–Kier alpha value is -2.29. The number of nitrogens with zero attached hydrogens (tertiary/aromatic N) is 1. The number of benzene rings is 2. The minimum atomic E-state index is -0.494. The Bertz CT molecular complexity index is 976. The zero-order valence-electron chi connectivity index (χ0n) is 14.6. The highest BCUT2D eigenvalue weighted by Crippen LogP contribution is 2.32. The number of methoxy groups -OCH3 is 1. The van der Waals surface area contributed by atoms with Crippen molar-refractivity contribution in [3.8, 4) is 5.75 Å². The van der Waals surface area contributed by atoms with Gasteiger partial charge in [0.2, 0.25) is 0 Å². The van der Waals surface area contributed by atoms with Crippen LogP contribution in [0, 0.1) is 0 Å². The maximum absolute atomic E-state index is 12.3. The van der Waals surface area contributed by atoms with Gasteiger partial charge in [0.25, 0.3) is 5.91 Å². The van der Waals surface area contributed by atoms with Crippen LogP contribution in [0.2, 0.25) is 5.02 Å². The van der Waals surface area contributed by atoms with Gasteiger partial charge in [-0.05, 0) is 60.3 Å². The van der Waals surface area contributed by atoms with Gasteiger partial charge < -0.3 is 14.8 Å². The monoisotopic (exact) mass is 480 g/mol. The molecule has 144 valence electrons. The molecule has 1 aliphatic rings. The number of amidine groups is 1. The topological polar surface area (TPSA) is 77.0 Å². The summed E-state index contributed by atoms with van der Waals surface area (Å²) in [4.78, 5) is 28.5. The summed E-state index contributed by atoms with van der Waals surface area (Å²) in [5.41, 5.74) is 1.32. The molecule has 1 aliphatic heterocycles. The number of thioether (sulfide) groups is 1. The van der Waals surface area contributed by atoms with E-state index < -0.39 is 5.97 Å². The highest BCUT2D eigenvalue weighted by atomic mass is 79.9. The van der Waals surface area contributed by atoms with Gasteiger partial charge >= 0.3 is 5.97 Å². The lowest BCUT2D eigenvalue weighted by molar-refractivity contribution is -0.142. The van der Waals surface area contributed by atoms with Crippen molar-refractivity contribution in [2.45, 2.75) is 0 Å². The van der Waals surface area contributed by atoms with Crippen molar-refractivity contribution in [1.82, 2.24) is 5.32 Å². The van der Waals surface area contributed by atoms with E-state index in [0.717, 1.165) is 4.47 Å². The number of rotatable bonds is 5. The molecule has 0 aliphatic carbocycles. The predicted octanol–water partition coefficient (Wildman–Crippen LogP) is 4.55. The number of hydrogen-bond donors (Lipinski definition) is 1. The molecular formula is C19H14BrClN2O4S. The summed E-state index contributed by atoms with van der Waals surface area (Å²) in [6.07, 6.45) is 1.68. The molecule has 1 saturated heterocycles. The lowest BCUT2D eigenvalue weighted by Gasteiger charge is -2.09. The van der Waals surface area contributed by atoms with Gasteiger partial charge in [-0.3, -0.25) is 4.79 Å². The lowest BCUT2D eigenvalue weighted by Crippen LogP contribution is -2.19. The van der Waals surface area contributed by atoms with Crippen LogP contribution in [0.5, 0.6) is 5.75 Å².